The summed E-state index contributed by atoms with van der Waals surface area (Å²) in [6.07, 6.45) is 0.347. The Morgan fingerprint density at radius 1 is 1.06 bits per heavy atom. The van der Waals surface area contributed by atoms with E-state index in [-0.39, 0.29) is 12.3 Å². The van der Waals surface area contributed by atoms with E-state index in [1.165, 1.54) is 5.56 Å². The largest absolute Gasteiger partial charge is 0.491 e. The number of benzene rings is 2. The molecule has 0 amide bonds. The standard InChI is InChI=1S/C25H34N4O4/c1-27-22-9-6-20(16-23(22)28(2)25(27)31)24(30)18-33-21-7-4-19(5-8-21)17-26-10-3-11-29-12-14-32-15-13-29/h4-9,16,24,26,30H,3,10-15,17-18H2,1-2H3/t24-/m0/s1. The zero-order chi connectivity index (χ0) is 23.2. The number of nitrogens with one attached hydrogen (secondary N) is 1. The molecule has 0 radical (unpaired) electrons. The molecule has 1 fully saturated rings. The zero-order valence-electron chi connectivity index (χ0n) is 19.5. The van der Waals surface area contributed by atoms with Crippen LogP contribution in [0.2, 0.25) is 0 Å². The van der Waals surface area contributed by atoms with E-state index < -0.39 is 6.10 Å². The minimum Gasteiger partial charge on any atom is -0.491 e. The summed E-state index contributed by atoms with van der Waals surface area (Å²) in [7, 11) is 3.48. The van der Waals surface area contributed by atoms with Crippen molar-refractivity contribution in [2.45, 2.75) is 19.1 Å². The Hall–Kier alpha value is -2.65. The summed E-state index contributed by atoms with van der Waals surface area (Å²) in [5.74, 6) is 0.721. The summed E-state index contributed by atoms with van der Waals surface area (Å²) in [5.41, 5.74) is 3.47. The predicted octanol–water partition coefficient (Wildman–Crippen LogP) is 1.80. The monoisotopic (exact) mass is 454 g/mol. The number of aromatic nitrogens is 2. The van der Waals surface area contributed by atoms with Crippen LogP contribution in [-0.4, -0.2) is 65.1 Å². The van der Waals surface area contributed by atoms with E-state index in [1.807, 2.05) is 42.5 Å². The first-order valence-corrected chi connectivity index (χ1v) is 11.6. The first-order valence-electron chi connectivity index (χ1n) is 11.6. The summed E-state index contributed by atoms with van der Waals surface area (Å²) < 4.78 is 14.4. The second kappa shape index (κ2) is 11.0. The van der Waals surface area contributed by atoms with Gasteiger partial charge in [-0.05, 0) is 54.9 Å². The Morgan fingerprint density at radius 3 is 2.55 bits per heavy atom. The van der Waals surface area contributed by atoms with Crippen molar-refractivity contribution in [3.05, 3.63) is 64.1 Å². The third-order valence-corrected chi connectivity index (χ3v) is 6.27. The zero-order valence-corrected chi connectivity index (χ0v) is 19.5. The number of morpholine rings is 1. The van der Waals surface area contributed by atoms with Gasteiger partial charge in [0.2, 0.25) is 0 Å². The molecule has 1 aliphatic rings. The minimum absolute atomic E-state index is 0.0837. The van der Waals surface area contributed by atoms with Crippen molar-refractivity contribution < 1.29 is 14.6 Å². The summed E-state index contributed by atoms with van der Waals surface area (Å²) in [6, 6.07) is 13.5. The van der Waals surface area contributed by atoms with Crippen LogP contribution in [0.4, 0.5) is 0 Å². The molecule has 2 aromatic carbocycles. The number of nitrogens with zero attached hydrogens (tertiary/aromatic N) is 3. The fourth-order valence-corrected chi connectivity index (χ4v) is 4.19. The van der Waals surface area contributed by atoms with Crippen LogP contribution < -0.4 is 15.7 Å². The van der Waals surface area contributed by atoms with Gasteiger partial charge < -0.3 is 19.9 Å². The van der Waals surface area contributed by atoms with E-state index >= 15 is 0 Å². The van der Waals surface area contributed by atoms with E-state index in [4.69, 9.17) is 9.47 Å². The van der Waals surface area contributed by atoms with Crippen molar-refractivity contribution in [3.63, 3.8) is 0 Å². The molecule has 178 valence electrons. The highest BCUT2D eigenvalue weighted by atomic mass is 16.5. The maximum atomic E-state index is 12.1. The number of ether oxygens (including phenoxy) is 2. The van der Waals surface area contributed by atoms with Crippen molar-refractivity contribution in [1.82, 2.24) is 19.4 Å². The molecular weight excluding hydrogens is 420 g/mol. The molecule has 8 nitrogen and oxygen atoms in total. The molecule has 8 heteroatoms. The normalized spacial score (nSPS) is 15.7. The minimum atomic E-state index is -0.780. The van der Waals surface area contributed by atoms with Crippen molar-refractivity contribution in [3.8, 4) is 5.75 Å². The lowest BCUT2D eigenvalue weighted by atomic mass is 10.1. The van der Waals surface area contributed by atoms with Crippen LogP contribution >= 0.6 is 0 Å². The molecule has 0 unspecified atom stereocenters. The van der Waals surface area contributed by atoms with Crippen molar-refractivity contribution >= 4 is 11.0 Å². The SMILES string of the molecule is Cn1c(=O)n(C)c2cc([C@@H](O)COc3ccc(CNCCCN4CCOCC4)cc3)ccc21. The topological polar surface area (TPSA) is 80.9 Å². The average molecular weight is 455 g/mol. The first kappa shape index (κ1) is 23.5. The van der Waals surface area contributed by atoms with Gasteiger partial charge >= 0.3 is 5.69 Å². The molecule has 1 aromatic heterocycles. The van der Waals surface area contributed by atoms with Crippen LogP contribution in [0.1, 0.15) is 23.7 Å². The number of aryl methyl sites for hydroxylation is 2. The Bertz CT molecular complexity index is 1100. The first-order chi connectivity index (χ1) is 16.0. The van der Waals surface area contributed by atoms with Crippen LogP contribution in [0.25, 0.3) is 11.0 Å². The molecule has 2 N–H and O–H groups in total. The van der Waals surface area contributed by atoms with Gasteiger partial charge in [-0.2, -0.15) is 0 Å². The van der Waals surface area contributed by atoms with E-state index in [0.29, 0.717) is 0 Å². The number of imidazole rings is 1. The van der Waals surface area contributed by atoms with Gasteiger partial charge in [0.05, 0.1) is 24.2 Å². The Kier molecular flexibility index (Phi) is 7.82. The van der Waals surface area contributed by atoms with Crippen LogP contribution in [-0.2, 0) is 25.4 Å². The van der Waals surface area contributed by atoms with Gasteiger partial charge in [-0.15, -0.1) is 0 Å². The highest BCUT2D eigenvalue weighted by molar-refractivity contribution is 5.76. The van der Waals surface area contributed by atoms with Gasteiger partial charge in [-0.25, -0.2) is 4.79 Å². The molecule has 2 heterocycles. The number of aliphatic hydroxyl groups is 1. The fraction of sp³-hybridized carbons (Fsp3) is 0.480. The molecule has 0 aliphatic carbocycles. The average Bonchev–Trinajstić information content (AvgIpc) is 3.07. The number of rotatable bonds is 10. The van der Waals surface area contributed by atoms with Gasteiger partial charge in [0.1, 0.15) is 18.5 Å². The molecule has 1 saturated heterocycles. The second-order valence-corrected chi connectivity index (χ2v) is 8.60. The summed E-state index contributed by atoms with van der Waals surface area (Å²) >= 11 is 0. The highest BCUT2D eigenvalue weighted by Crippen LogP contribution is 2.21. The lowest BCUT2D eigenvalue weighted by molar-refractivity contribution is 0.0374. The number of fused-ring (bicyclic) bond motifs is 1. The third-order valence-electron chi connectivity index (χ3n) is 6.27. The fourth-order valence-electron chi connectivity index (χ4n) is 4.19. The van der Waals surface area contributed by atoms with Gasteiger partial charge in [0.25, 0.3) is 0 Å². The molecule has 3 aromatic rings. The molecular formula is C25H34N4O4. The molecule has 1 aliphatic heterocycles. The summed E-state index contributed by atoms with van der Waals surface area (Å²) in [4.78, 5) is 14.5. The second-order valence-electron chi connectivity index (χ2n) is 8.60. The Morgan fingerprint density at radius 2 is 1.79 bits per heavy atom. The molecule has 0 saturated carbocycles. The molecule has 33 heavy (non-hydrogen) atoms. The van der Waals surface area contributed by atoms with Crippen molar-refractivity contribution in [1.29, 1.82) is 0 Å². The number of aliphatic hydroxyl groups excluding tert-OH is 1. The molecule has 0 bridgehead atoms. The maximum Gasteiger partial charge on any atom is 0.328 e. The maximum absolute atomic E-state index is 12.1. The lowest BCUT2D eigenvalue weighted by Crippen LogP contribution is -2.37. The van der Waals surface area contributed by atoms with E-state index in [1.54, 1.807) is 23.2 Å². The van der Waals surface area contributed by atoms with E-state index in [0.717, 1.165) is 74.7 Å². The van der Waals surface area contributed by atoms with Crippen LogP contribution in [0.15, 0.2) is 47.3 Å². The van der Waals surface area contributed by atoms with Crippen LogP contribution in [0.5, 0.6) is 5.75 Å². The summed E-state index contributed by atoms with van der Waals surface area (Å²) in [6.45, 7) is 6.84. The van der Waals surface area contributed by atoms with E-state index in [2.05, 4.69) is 10.2 Å². The van der Waals surface area contributed by atoms with Crippen LogP contribution in [0, 0.1) is 0 Å². The van der Waals surface area contributed by atoms with Gasteiger partial charge in [-0.1, -0.05) is 18.2 Å². The van der Waals surface area contributed by atoms with E-state index in [9.17, 15) is 9.90 Å². The Balaban J connectivity index is 1.21. The van der Waals surface area contributed by atoms with Gasteiger partial charge in [0.15, 0.2) is 0 Å². The molecule has 0 spiro atoms. The predicted molar refractivity (Wildman–Crippen MR) is 129 cm³/mol. The quantitative estimate of drug-likeness (QED) is 0.455. The smallest absolute Gasteiger partial charge is 0.328 e. The van der Waals surface area contributed by atoms with Gasteiger partial charge in [-0.3, -0.25) is 14.0 Å². The number of hydrogen-bond donors (Lipinski definition) is 2. The third kappa shape index (κ3) is 5.83. The van der Waals surface area contributed by atoms with Crippen molar-refractivity contribution in [2.24, 2.45) is 14.1 Å². The van der Waals surface area contributed by atoms with Gasteiger partial charge in [0, 0.05) is 33.7 Å². The highest BCUT2D eigenvalue weighted by Gasteiger charge is 2.13. The van der Waals surface area contributed by atoms with Crippen LogP contribution in [0.3, 0.4) is 0 Å². The number of hydrogen-bond acceptors (Lipinski definition) is 6. The Labute approximate surface area is 194 Å². The molecule has 1 atom stereocenters. The lowest BCUT2D eigenvalue weighted by Gasteiger charge is -2.26. The summed E-state index contributed by atoms with van der Waals surface area (Å²) in [5, 5.41) is 14.1. The van der Waals surface area contributed by atoms with Crippen molar-refractivity contribution in [2.75, 3.05) is 46.0 Å². The molecule has 4 rings (SSSR count).